The Morgan fingerprint density at radius 2 is 2.32 bits per heavy atom. The van der Waals surface area contributed by atoms with Crippen molar-refractivity contribution in [1.29, 1.82) is 0 Å². The molecule has 19 heavy (non-hydrogen) atoms. The Hall–Kier alpha value is -0.450. The molecule has 0 amide bonds. The van der Waals surface area contributed by atoms with Crippen molar-refractivity contribution in [3.63, 3.8) is 0 Å². The molecule has 2 heterocycles. The number of rotatable bonds is 7. The van der Waals surface area contributed by atoms with Crippen LogP contribution in [0.2, 0.25) is 0 Å². The molecule has 1 aliphatic rings. The molecular formula is C15H26N2OS. The third-order valence-electron chi connectivity index (χ3n) is 3.31. The molecule has 0 aliphatic carbocycles. The van der Waals surface area contributed by atoms with Crippen molar-refractivity contribution in [3.05, 3.63) is 15.6 Å². The first kappa shape index (κ1) is 14.9. The first-order valence-corrected chi connectivity index (χ1v) is 8.33. The second-order valence-electron chi connectivity index (χ2n) is 5.70. The van der Waals surface area contributed by atoms with Crippen molar-refractivity contribution in [2.45, 2.75) is 59.1 Å². The van der Waals surface area contributed by atoms with Gasteiger partial charge in [0.15, 0.2) is 0 Å². The monoisotopic (exact) mass is 282 g/mol. The summed E-state index contributed by atoms with van der Waals surface area (Å²) in [6, 6.07) is 0. The standard InChI is InChI=1S/C15H26N2OS/c1-4-7-16-10-14-12(9-11(2)3)17-15(19-14)13-6-5-8-18-13/h11,13,16H,4-10H2,1-3H3. The fourth-order valence-electron chi connectivity index (χ4n) is 2.38. The first-order valence-electron chi connectivity index (χ1n) is 7.51. The van der Waals surface area contributed by atoms with Crippen LogP contribution in [0.25, 0.3) is 0 Å². The van der Waals surface area contributed by atoms with E-state index >= 15 is 0 Å². The highest BCUT2D eigenvalue weighted by atomic mass is 32.1. The molecule has 0 bridgehead atoms. The highest BCUT2D eigenvalue weighted by Gasteiger charge is 2.23. The van der Waals surface area contributed by atoms with Crippen molar-refractivity contribution < 1.29 is 4.74 Å². The van der Waals surface area contributed by atoms with Crippen LogP contribution in [0, 0.1) is 5.92 Å². The average molecular weight is 282 g/mol. The summed E-state index contributed by atoms with van der Waals surface area (Å²) in [5.74, 6) is 0.657. The molecule has 1 N–H and O–H groups in total. The minimum absolute atomic E-state index is 0.260. The molecular weight excluding hydrogens is 256 g/mol. The second-order valence-corrected chi connectivity index (χ2v) is 6.81. The van der Waals surface area contributed by atoms with Gasteiger partial charge in [-0.05, 0) is 38.1 Å². The van der Waals surface area contributed by atoms with Crippen molar-refractivity contribution in [2.75, 3.05) is 13.2 Å². The number of hydrogen-bond donors (Lipinski definition) is 1. The number of aromatic nitrogens is 1. The summed E-state index contributed by atoms with van der Waals surface area (Å²) in [5.41, 5.74) is 1.29. The van der Waals surface area contributed by atoms with Gasteiger partial charge in [0.1, 0.15) is 11.1 Å². The third-order valence-corrected chi connectivity index (χ3v) is 4.50. The van der Waals surface area contributed by atoms with Crippen molar-refractivity contribution in [2.24, 2.45) is 5.92 Å². The van der Waals surface area contributed by atoms with Crippen LogP contribution in [0.1, 0.15) is 61.7 Å². The quantitative estimate of drug-likeness (QED) is 0.774. The van der Waals surface area contributed by atoms with E-state index in [0.717, 1.165) is 32.5 Å². The maximum atomic E-state index is 5.77. The molecule has 0 aromatic carbocycles. The minimum atomic E-state index is 0.260. The minimum Gasteiger partial charge on any atom is -0.371 e. The van der Waals surface area contributed by atoms with Gasteiger partial charge >= 0.3 is 0 Å². The van der Waals surface area contributed by atoms with Crippen LogP contribution < -0.4 is 5.32 Å². The molecule has 3 nitrogen and oxygen atoms in total. The predicted molar refractivity (Wildman–Crippen MR) is 80.6 cm³/mol. The lowest BCUT2D eigenvalue weighted by molar-refractivity contribution is 0.111. The molecule has 0 spiro atoms. The Morgan fingerprint density at radius 1 is 1.47 bits per heavy atom. The van der Waals surface area contributed by atoms with Gasteiger partial charge in [0.05, 0.1) is 5.69 Å². The van der Waals surface area contributed by atoms with E-state index in [1.165, 1.54) is 28.4 Å². The highest BCUT2D eigenvalue weighted by Crippen LogP contribution is 2.33. The van der Waals surface area contributed by atoms with Gasteiger partial charge in [-0.1, -0.05) is 20.8 Å². The molecule has 108 valence electrons. The molecule has 1 aliphatic heterocycles. The normalized spacial score (nSPS) is 19.5. The van der Waals surface area contributed by atoms with E-state index in [1.54, 1.807) is 0 Å². The molecule has 1 aromatic heterocycles. The lowest BCUT2D eigenvalue weighted by atomic mass is 10.1. The Morgan fingerprint density at radius 3 is 2.95 bits per heavy atom. The summed E-state index contributed by atoms with van der Waals surface area (Å²) in [5, 5.41) is 4.69. The van der Waals surface area contributed by atoms with Crippen LogP contribution in [0.5, 0.6) is 0 Å². The Balaban J connectivity index is 2.08. The van der Waals surface area contributed by atoms with E-state index in [2.05, 4.69) is 26.1 Å². The largest absolute Gasteiger partial charge is 0.371 e. The summed E-state index contributed by atoms with van der Waals surface area (Å²) >= 11 is 1.85. The van der Waals surface area contributed by atoms with E-state index in [0.29, 0.717) is 5.92 Å². The molecule has 1 unspecified atom stereocenters. The van der Waals surface area contributed by atoms with Crippen LogP contribution in [-0.4, -0.2) is 18.1 Å². The molecule has 4 heteroatoms. The molecule has 2 rings (SSSR count). The molecule has 0 saturated carbocycles. The summed E-state index contributed by atoms with van der Waals surface area (Å²) in [6.45, 7) is 9.65. The number of nitrogens with one attached hydrogen (secondary N) is 1. The molecule has 1 fully saturated rings. The summed E-state index contributed by atoms with van der Waals surface area (Å²) in [6.07, 6.45) is 4.82. The van der Waals surface area contributed by atoms with Crippen molar-refractivity contribution in [1.82, 2.24) is 10.3 Å². The third kappa shape index (κ3) is 4.26. The van der Waals surface area contributed by atoms with Gasteiger partial charge in [0, 0.05) is 18.0 Å². The highest BCUT2D eigenvalue weighted by molar-refractivity contribution is 7.11. The van der Waals surface area contributed by atoms with Gasteiger partial charge in [0.2, 0.25) is 0 Å². The molecule has 0 radical (unpaired) electrons. The average Bonchev–Trinajstić information content (AvgIpc) is 2.98. The van der Waals surface area contributed by atoms with Crippen LogP contribution in [0.3, 0.4) is 0 Å². The van der Waals surface area contributed by atoms with Crippen LogP contribution in [0.15, 0.2) is 0 Å². The number of ether oxygens (including phenoxy) is 1. The fourth-order valence-corrected chi connectivity index (χ4v) is 3.52. The Kier molecular flexibility index (Phi) is 5.79. The van der Waals surface area contributed by atoms with E-state index in [9.17, 15) is 0 Å². The maximum Gasteiger partial charge on any atom is 0.122 e. The van der Waals surface area contributed by atoms with Crippen LogP contribution in [0.4, 0.5) is 0 Å². The zero-order chi connectivity index (χ0) is 13.7. The number of nitrogens with zero attached hydrogens (tertiary/aromatic N) is 1. The maximum absolute atomic E-state index is 5.77. The Labute approximate surface area is 120 Å². The lowest BCUT2D eigenvalue weighted by Gasteiger charge is -2.05. The number of hydrogen-bond acceptors (Lipinski definition) is 4. The fraction of sp³-hybridized carbons (Fsp3) is 0.800. The van der Waals surface area contributed by atoms with Gasteiger partial charge in [-0.15, -0.1) is 11.3 Å². The molecule has 1 aromatic rings. The van der Waals surface area contributed by atoms with Crippen molar-refractivity contribution in [3.8, 4) is 0 Å². The van der Waals surface area contributed by atoms with Gasteiger partial charge in [-0.25, -0.2) is 4.98 Å². The summed E-state index contributed by atoms with van der Waals surface area (Å²) in [7, 11) is 0. The van der Waals surface area contributed by atoms with Gasteiger partial charge in [-0.3, -0.25) is 0 Å². The summed E-state index contributed by atoms with van der Waals surface area (Å²) < 4.78 is 5.77. The Bertz CT molecular complexity index is 383. The van der Waals surface area contributed by atoms with Gasteiger partial charge in [0.25, 0.3) is 0 Å². The van der Waals surface area contributed by atoms with E-state index in [-0.39, 0.29) is 6.10 Å². The molecule has 1 saturated heterocycles. The zero-order valence-electron chi connectivity index (χ0n) is 12.4. The SMILES string of the molecule is CCCNCc1sc(C2CCCO2)nc1CC(C)C. The van der Waals surface area contributed by atoms with E-state index in [4.69, 9.17) is 9.72 Å². The predicted octanol–water partition coefficient (Wildman–Crippen LogP) is 3.69. The summed E-state index contributed by atoms with van der Waals surface area (Å²) in [4.78, 5) is 6.27. The van der Waals surface area contributed by atoms with Crippen LogP contribution in [-0.2, 0) is 17.7 Å². The van der Waals surface area contributed by atoms with Gasteiger partial charge in [-0.2, -0.15) is 0 Å². The van der Waals surface area contributed by atoms with Crippen LogP contribution >= 0.6 is 11.3 Å². The van der Waals surface area contributed by atoms with Gasteiger partial charge < -0.3 is 10.1 Å². The van der Waals surface area contributed by atoms with Crippen molar-refractivity contribution >= 4 is 11.3 Å². The lowest BCUT2D eigenvalue weighted by Crippen LogP contribution is -2.14. The zero-order valence-corrected chi connectivity index (χ0v) is 13.2. The van der Waals surface area contributed by atoms with E-state index < -0.39 is 0 Å². The molecule has 1 atom stereocenters. The topological polar surface area (TPSA) is 34.1 Å². The number of thiazole rings is 1. The first-order chi connectivity index (χ1) is 9.20. The smallest absolute Gasteiger partial charge is 0.122 e. The second kappa shape index (κ2) is 7.36. The van der Waals surface area contributed by atoms with E-state index in [1.807, 2.05) is 11.3 Å².